The van der Waals surface area contributed by atoms with Gasteiger partial charge in [0.1, 0.15) is 6.04 Å². The highest BCUT2D eigenvalue weighted by atomic mass is 16.5. The molecule has 2 amide bonds. The molecule has 110 valence electrons. The number of carbonyl (C=O) groups excluding carboxylic acids is 1. The Morgan fingerprint density at radius 3 is 2.55 bits per heavy atom. The standard InChI is InChI=1S/C10H14N4O6/c1-5-12-7(14-20-5)2-3-11-10(19)13-6(9(17)18)4-8(15)16/h6H,2-4H2,1H3,(H,15,16)(H,17,18)(H2,11,13,19). The van der Waals surface area contributed by atoms with E-state index >= 15 is 0 Å². The molecule has 0 saturated heterocycles. The summed E-state index contributed by atoms with van der Waals surface area (Å²) >= 11 is 0. The van der Waals surface area contributed by atoms with Crippen LogP contribution in [0, 0.1) is 6.92 Å². The van der Waals surface area contributed by atoms with Crippen molar-refractivity contribution >= 4 is 18.0 Å². The molecule has 4 N–H and O–H groups in total. The summed E-state index contributed by atoms with van der Waals surface area (Å²) in [6.45, 7) is 1.78. The third-order valence-electron chi connectivity index (χ3n) is 2.19. The van der Waals surface area contributed by atoms with Gasteiger partial charge in [0.2, 0.25) is 5.89 Å². The maximum atomic E-state index is 11.4. The quantitative estimate of drug-likeness (QED) is 0.505. The minimum atomic E-state index is -1.49. The number of hydrogen-bond donors (Lipinski definition) is 4. The summed E-state index contributed by atoms with van der Waals surface area (Å²) < 4.78 is 4.73. The van der Waals surface area contributed by atoms with Crippen molar-refractivity contribution in [2.75, 3.05) is 6.54 Å². The van der Waals surface area contributed by atoms with Crippen molar-refractivity contribution in [2.24, 2.45) is 0 Å². The van der Waals surface area contributed by atoms with Crippen molar-refractivity contribution in [3.05, 3.63) is 11.7 Å². The van der Waals surface area contributed by atoms with Gasteiger partial charge in [-0.2, -0.15) is 4.98 Å². The van der Waals surface area contributed by atoms with E-state index in [1.807, 2.05) is 5.32 Å². The average molecular weight is 286 g/mol. The molecule has 1 unspecified atom stereocenters. The Kier molecular flexibility index (Phi) is 5.44. The Morgan fingerprint density at radius 2 is 2.05 bits per heavy atom. The van der Waals surface area contributed by atoms with E-state index in [0.29, 0.717) is 18.1 Å². The van der Waals surface area contributed by atoms with Crippen LogP contribution in [0.3, 0.4) is 0 Å². The second kappa shape index (κ2) is 7.07. The van der Waals surface area contributed by atoms with Crippen LogP contribution in [0.2, 0.25) is 0 Å². The summed E-state index contributed by atoms with van der Waals surface area (Å²) in [6, 6.07) is -2.27. The van der Waals surface area contributed by atoms with Crippen LogP contribution >= 0.6 is 0 Å². The van der Waals surface area contributed by atoms with Gasteiger partial charge in [0.25, 0.3) is 0 Å². The van der Waals surface area contributed by atoms with Gasteiger partial charge in [-0.15, -0.1) is 0 Å². The van der Waals surface area contributed by atoms with Crippen molar-refractivity contribution in [2.45, 2.75) is 25.8 Å². The van der Waals surface area contributed by atoms with Crippen molar-refractivity contribution in [1.29, 1.82) is 0 Å². The molecule has 0 aliphatic heterocycles. The highest BCUT2D eigenvalue weighted by molar-refractivity contribution is 5.86. The number of nitrogens with one attached hydrogen (secondary N) is 2. The molecule has 0 aliphatic carbocycles. The zero-order valence-corrected chi connectivity index (χ0v) is 10.6. The molecule has 0 bridgehead atoms. The van der Waals surface area contributed by atoms with Crippen LogP contribution in [0.1, 0.15) is 18.1 Å². The molecule has 0 saturated carbocycles. The van der Waals surface area contributed by atoms with Gasteiger partial charge in [-0.25, -0.2) is 9.59 Å². The highest BCUT2D eigenvalue weighted by Gasteiger charge is 2.22. The molecule has 10 heteroatoms. The zero-order chi connectivity index (χ0) is 15.1. The monoisotopic (exact) mass is 286 g/mol. The lowest BCUT2D eigenvalue weighted by atomic mass is 10.2. The fraction of sp³-hybridized carbons (Fsp3) is 0.500. The minimum Gasteiger partial charge on any atom is -0.481 e. The molecule has 10 nitrogen and oxygen atoms in total. The number of aromatic nitrogens is 2. The lowest BCUT2D eigenvalue weighted by Gasteiger charge is -2.12. The number of aliphatic carboxylic acids is 2. The lowest BCUT2D eigenvalue weighted by molar-refractivity contribution is -0.145. The van der Waals surface area contributed by atoms with Gasteiger partial charge >= 0.3 is 18.0 Å². The Morgan fingerprint density at radius 1 is 1.35 bits per heavy atom. The number of carboxylic acids is 2. The summed E-state index contributed by atoms with van der Waals surface area (Å²) in [7, 11) is 0. The van der Waals surface area contributed by atoms with E-state index in [1.54, 1.807) is 6.92 Å². The van der Waals surface area contributed by atoms with E-state index in [-0.39, 0.29) is 6.54 Å². The third-order valence-corrected chi connectivity index (χ3v) is 2.19. The summed E-state index contributed by atoms with van der Waals surface area (Å²) in [5, 5.41) is 25.3. The number of hydrogen-bond acceptors (Lipinski definition) is 6. The van der Waals surface area contributed by atoms with E-state index in [4.69, 9.17) is 14.7 Å². The molecule has 20 heavy (non-hydrogen) atoms. The molecule has 0 fully saturated rings. The van der Waals surface area contributed by atoms with Gasteiger partial charge in [0.15, 0.2) is 5.82 Å². The second-order valence-corrected chi connectivity index (χ2v) is 3.87. The van der Waals surface area contributed by atoms with E-state index in [9.17, 15) is 14.4 Å². The average Bonchev–Trinajstić information content (AvgIpc) is 2.73. The van der Waals surface area contributed by atoms with Crippen LogP contribution in [0.5, 0.6) is 0 Å². The molecule has 0 spiro atoms. The lowest BCUT2D eigenvalue weighted by Crippen LogP contribution is -2.47. The minimum absolute atomic E-state index is 0.157. The third kappa shape index (κ3) is 5.33. The Bertz CT molecular complexity index is 500. The predicted molar refractivity (Wildman–Crippen MR) is 63.0 cm³/mol. The maximum Gasteiger partial charge on any atom is 0.326 e. The zero-order valence-electron chi connectivity index (χ0n) is 10.6. The van der Waals surface area contributed by atoms with Crippen LogP contribution in [0.15, 0.2) is 4.52 Å². The smallest absolute Gasteiger partial charge is 0.326 e. The number of nitrogens with zero attached hydrogens (tertiary/aromatic N) is 2. The van der Waals surface area contributed by atoms with Gasteiger partial charge in [0, 0.05) is 19.9 Å². The molecule has 1 rings (SSSR count). The molecular weight excluding hydrogens is 272 g/mol. The number of rotatable bonds is 7. The summed E-state index contributed by atoms with van der Waals surface area (Å²) in [6.07, 6.45) is -0.395. The highest BCUT2D eigenvalue weighted by Crippen LogP contribution is 1.95. The van der Waals surface area contributed by atoms with Gasteiger partial charge in [-0.3, -0.25) is 4.79 Å². The van der Waals surface area contributed by atoms with Crippen LogP contribution in [-0.4, -0.2) is 50.9 Å². The fourth-order valence-electron chi connectivity index (χ4n) is 1.31. The molecular formula is C10H14N4O6. The normalized spacial score (nSPS) is 11.7. The van der Waals surface area contributed by atoms with E-state index < -0.39 is 30.4 Å². The van der Waals surface area contributed by atoms with E-state index in [1.165, 1.54) is 0 Å². The fourth-order valence-corrected chi connectivity index (χ4v) is 1.31. The first kappa shape index (κ1) is 15.4. The van der Waals surface area contributed by atoms with Gasteiger partial charge in [0.05, 0.1) is 6.42 Å². The number of aryl methyl sites for hydroxylation is 1. The van der Waals surface area contributed by atoms with Crippen molar-refractivity contribution < 1.29 is 29.1 Å². The van der Waals surface area contributed by atoms with Gasteiger partial charge < -0.3 is 25.4 Å². The molecule has 1 heterocycles. The second-order valence-electron chi connectivity index (χ2n) is 3.87. The largest absolute Gasteiger partial charge is 0.481 e. The van der Waals surface area contributed by atoms with Crippen molar-refractivity contribution in [1.82, 2.24) is 20.8 Å². The topological polar surface area (TPSA) is 155 Å². The van der Waals surface area contributed by atoms with E-state index in [2.05, 4.69) is 15.5 Å². The van der Waals surface area contributed by atoms with Crippen LogP contribution in [0.4, 0.5) is 4.79 Å². The van der Waals surface area contributed by atoms with Crippen molar-refractivity contribution in [3.8, 4) is 0 Å². The first-order chi connectivity index (χ1) is 9.38. The van der Waals surface area contributed by atoms with Gasteiger partial charge in [-0.1, -0.05) is 5.16 Å². The molecule has 0 aromatic carbocycles. The number of amides is 2. The predicted octanol–water partition coefficient (Wildman–Crippen LogP) is -0.852. The Balaban J connectivity index is 2.34. The first-order valence-corrected chi connectivity index (χ1v) is 5.66. The van der Waals surface area contributed by atoms with E-state index in [0.717, 1.165) is 0 Å². The summed E-state index contributed by atoms with van der Waals surface area (Å²) in [4.78, 5) is 36.5. The summed E-state index contributed by atoms with van der Waals surface area (Å²) in [5.74, 6) is -1.93. The number of carbonyl (C=O) groups is 3. The first-order valence-electron chi connectivity index (χ1n) is 5.66. The Hall–Kier alpha value is -2.65. The van der Waals surface area contributed by atoms with Crippen LogP contribution in [0.25, 0.3) is 0 Å². The molecule has 0 radical (unpaired) electrons. The number of carboxylic acid groups (broad SMARTS) is 2. The van der Waals surface area contributed by atoms with Crippen LogP contribution < -0.4 is 10.6 Å². The molecule has 0 aliphatic rings. The SMILES string of the molecule is Cc1nc(CCNC(=O)NC(CC(=O)O)C(=O)O)no1. The molecule has 1 aromatic rings. The van der Waals surface area contributed by atoms with Gasteiger partial charge in [-0.05, 0) is 0 Å². The number of urea groups is 1. The van der Waals surface area contributed by atoms with Crippen LogP contribution in [-0.2, 0) is 16.0 Å². The summed E-state index contributed by atoms with van der Waals surface area (Å²) in [5.41, 5.74) is 0. The Labute approximate surface area is 113 Å². The molecule has 1 atom stereocenters. The van der Waals surface area contributed by atoms with Crippen molar-refractivity contribution in [3.63, 3.8) is 0 Å². The molecule has 1 aromatic heterocycles. The maximum absolute atomic E-state index is 11.4.